The zero-order valence-corrected chi connectivity index (χ0v) is 16.5. The second-order valence-corrected chi connectivity index (χ2v) is 8.42. The Hall–Kier alpha value is -1.14. The van der Waals surface area contributed by atoms with Crippen LogP contribution >= 0.6 is 11.3 Å². The van der Waals surface area contributed by atoms with E-state index in [2.05, 4.69) is 46.3 Å². The Morgan fingerprint density at radius 2 is 2.00 bits per heavy atom. The van der Waals surface area contributed by atoms with Gasteiger partial charge in [-0.05, 0) is 38.1 Å². The number of nitrogens with zero attached hydrogens (tertiary/aromatic N) is 3. The molecule has 0 amide bonds. The van der Waals surface area contributed by atoms with Crippen molar-refractivity contribution >= 4 is 17.3 Å². The van der Waals surface area contributed by atoms with E-state index in [1.54, 1.807) is 11.3 Å². The number of hydrogen-bond donors (Lipinski definition) is 2. The average Bonchev–Trinajstić information content (AvgIpc) is 2.94. The summed E-state index contributed by atoms with van der Waals surface area (Å²) in [5.41, 5.74) is 0. The van der Waals surface area contributed by atoms with Gasteiger partial charge in [-0.15, -0.1) is 11.3 Å². The third-order valence-corrected chi connectivity index (χ3v) is 5.38. The molecule has 2 heterocycles. The normalized spacial score (nSPS) is 22.6. The summed E-state index contributed by atoms with van der Waals surface area (Å²) in [6.07, 6.45) is 5.42. The van der Waals surface area contributed by atoms with Gasteiger partial charge in [0.05, 0.1) is 5.01 Å². The molecule has 0 saturated carbocycles. The van der Waals surface area contributed by atoms with Gasteiger partial charge in [-0.1, -0.05) is 13.8 Å². The van der Waals surface area contributed by atoms with Gasteiger partial charge in [0.25, 0.3) is 0 Å². The summed E-state index contributed by atoms with van der Waals surface area (Å²) >= 11 is 1.77. The molecule has 2 unspecified atom stereocenters. The van der Waals surface area contributed by atoms with Crippen LogP contribution in [0.5, 0.6) is 0 Å². The molecule has 0 aromatic carbocycles. The highest BCUT2D eigenvalue weighted by Crippen LogP contribution is 2.20. The van der Waals surface area contributed by atoms with Crippen LogP contribution in [0.3, 0.4) is 0 Å². The lowest BCUT2D eigenvalue weighted by molar-refractivity contribution is 0.140. The molecule has 1 aromatic rings. The molecule has 0 bridgehead atoms. The number of guanidine groups is 1. The van der Waals surface area contributed by atoms with Gasteiger partial charge < -0.3 is 15.5 Å². The van der Waals surface area contributed by atoms with Crippen molar-refractivity contribution in [1.82, 2.24) is 20.5 Å². The minimum atomic E-state index is 0.839. The van der Waals surface area contributed by atoms with E-state index in [1.165, 1.54) is 35.9 Å². The van der Waals surface area contributed by atoms with E-state index in [9.17, 15) is 0 Å². The number of thiazole rings is 1. The summed E-state index contributed by atoms with van der Waals surface area (Å²) in [5, 5.41) is 7.97. The van der Waals surface area contributed by atoms with E-state index in [-0.39, 0.29) is 0 Å². The Morgan fingerprint density at radius 1 is 1.29 bits per heavy atom. The second kappa shape index (κ2) is 9.99. The lowest BCUT2D eigenvalue weighted by Crippen LogP contribution is -2.42. The molecule has 1 aromatic heterocycles. The van der Waals surface area contributed by atoms with Crippen LogP contribution in [0.1, 0.15) is 36.6 Å². The Kier molecular flexibility index (Phi) is 7.99. The predicted molar refractivity (Wildman–Crippen MR) is 104 cm³/mol. The molecular formula is C18H33N5S. The average molecular weight is 352 g/mol. The quantitative estimate of drug-likeness (QED) is 0.450. The maximum atomic E-state index is 4.39. The SMILES string of the molecule is CN=C(NCCCN1CC(C)CC(C)C1)NCCc1ncc(C)s1. The Labute approximate surface area is 151 Å². The highest BCUT2D eigenvalue weighted by atomic mass is 32.1. The van der Waals surface area contributed by atoms with Crippen LogP contribution in [-0.4, -0.2) is 55.6 Å². The summed E-state index contributed by atoms with van der Waals surface area (Å²) in [6, 6.07) is 0. The van der Waals surface area contributed by atoms with Crippen molar-refractivity contribution < 1.29 is 0 Å². The fourth-order valence-corrected chi connectivity index (χ4v) is 4.30. The van der Waals surface area contributed by atoms with Crippen molar-refractivity contribution in [3.63, 3.8) is 0 Å². The van der Waals surface area contributed by atoms with Crippen molar-refractivity contribution in [1.29, 1.82) is 0 Å². The molecule has 2 atom stereocenters. The van der Waals surface area contributed by atoms with E-state index in [0.717, 1.165) is 43.7 Å². The van der Waals surface area contributed by atoms with Crippen LogP contribution in [0.15, 0.2) is 11.2 Å². The maximum absolute atomic E-state index is 4.39. The van der Waals surface area contributed by atoms with Crippen LogP contribution in [0.4, 0.5) is 0 Å². The molecule has 6 heteroatoms. The number of piperidine rings is 1. The molecule has 24 heavy (non-hydrogen) atoms. The first-order valence-corrected chi connectivity index (χ1v) is 9.96. The zero-order chi connectivity index (χ0) is 17.4. The van der Waals surface area contributed by atoms with Crippen LogP contribution in [0.25, 0.3) is 0 Å². The molecule has 2 rings (SSSR count). The van der Waals surface area contributed by atoms with Crippen LogP contribution in [0, 0.1) is 18.8 Å². The van der Waals surface area contributed by atoms with Gasteiger partial charge in [0.1, 0.15) is 0 Å². The summed E-state index contributed by atoms with van der Waals surface area (Å²) in [6.45, 7) is 12.4. The standard InChI is InChI=1S/C18H33N5S/c1-14-10-15(2)13-23(12-14)9-5-7-20-18(19-4)21-8-6-17-22-11-16(3)24-17/h11,14-15H,5-10,12-13H2,1-4H3,(H2,19,20,21). The monoisotopic (exact) mass is 351 g/mol. The minimum Gasteiger partial charge on any atom is -0.356 e. The molecule has 1 aliphatic heterocycles. The molecule has 1 saturated heterocycles. The van der Waals surface area contributed by atoms with E-state index in [1.807, 2.05) is 13.2 Å². The number of hydrogen-bond acceptors (Lipinski definition) is 4. The van der Waals surface area contributed by atoms with Crippen LogP contribution in [-0.2, 0) is 6.42 Å². The highest BCUT2D eigenvalue weighted by molar-refractivity contribution is 7.11. The first-order chi connectivity index (χ1) is 11.6. The number of rotatable bonds is 7. The zero-order valence-electron chi connectivity index (χ0n) is 15.6. The van der Waals surface area contributed by atoms with E-state index >= 15 is 0 Å². The number of likely N-dealkylation sites (tertiary alicyclic amines) is 1. The van der Waals surface area contributed by atoms with Gasteiger partial charge in [0.15, 0.2) is 5.96 Å². The fourth-order valence-electron chi connectivity index (χ4n) is 3.51. The molecule has 0 radical (unpaired) electrons. The third kappa shape index (κ3) is 6.77. The number of aromatic nitrogens is 1. The van der Waals surface area contributed by atoms with Crippen molar-refractivity contribution in [2.45, 2.75) is 40.0 Å². The van der Waals surface area contributed by atoms with Gasteiger partial charge in [-0.3, -0.25) is 4.99 Å². The van der Waals surface area contributed by atoms with Crippen molar-refractivity contribution in [2.75, 3.05) is 39.8 Å². The lowest BCUT2D eigenvalue weighted by atomic mass is 9.92. The lowest BCUT2D eigenvalue weighted by Gasteiger charge is -2.35. The summed E-state index contributed by atoms with van der Waals surface area (Å²) in [7, 11) is 1.83. The largest absolute Gasteiger partial charge is 0.356 e. The molecular weight excluding hydrogens is 318 g/mol. The van der Waals surface area contributed by atoms with Crippen molar-refractivity contribution in [3.8, 4) is 0 Å². The first kappa shape index (κ1) is 19.2. The van der Waals surface area contributed by atoms with Gasteiger partial charge >= 0.3 is 0 Å². The summed E-state index contributed by atoms with van der Waals surface area (Å²) in [5.74, 6) is 2.57. The van der Waals surface area contributed by atoms with Crippen LogP contribution in [0.2, 0.25) is 0 Å². The Bertz CT molecular complexity index is 503. The Balaban J connectivity index is 1.58. The Morgan fingerprint density at radius 3 is 2.62 bits per heavy atom. The van der Waals surface area contributed by atoms with E-state index in [4.69, 9.17) is 0 Å². The predicted octanol–water partition coefficient (Wildman–Crippen LogP) is 2.53. The van der Waals surface area contributed by atoms with Gasteiger partial charge in [-0.25, -0.2) is 4.98 Å². The van der Waals surface area contributed by atoms with E-state index in [0.29, 0.717) is 0 Å². The molecule has 136 valence electrons. The fraction of sp³-hybridized carbons (Fsp3) is 0.778. The second-order valence-electron chi connectivity index (χ2n) is 7.10. The topological polar surface area (TPSA) is 52.6 Å². The number of aliphatic imine (C=N–C) groups is 1. The van der Waals surface area contributed by atoms with Crippen molar-refractivity contribution in [3.05, 3.63) is 16.1 Å². The first-order valence-electron chi connectivity index (χ1n) is 9.15. The number of aryl methyl sites for hydroxylation is 1. The molecule has 5 nitrogen and oxygen atoms in total. The number of nitrogens with one attached hydrogen (secondary N) is 2. The molecule has 1 fully saturated rings. The van der Waals surface area contributed by atoms with Crippen molar-refractivity contribution in [2.24, 2.45) is 16.8 Å². The van der Waals surface area contributed by atoms with Crippen LogP contribution < -0.4 is 10.6 Å². The van der Waals surface area contributed by atoms with E-state index < -0.39 is 0 Å². The minimum absolute atomic E-state index is 0.839. The highest BCUT2D eigenvalue weighted by Gasteiger charge is 2.20. The van der Waals surface area contributed by atoms with Gasteiger partial charge in [0.2, 0.25) is 0 Å². The molecule has 0 aliphatic carbocycles. The third-order valence-electron chi connectivity index (χ3n) is 4.41. The molecule has 2 N–H and O–H groups in total. The molecule has 0 spiro atoms. The van der Waals surface area contributed by atoms with Gasteiger partial charge in [-0.2, -0.15) is 0 Å². The summed E-state index contributed by atoms with van der Waals surface area (Å²) < 4.78 is 0. The summed E-state index contributed by atoms with van der Waals surface area (Å²) in [4.78, 5) is 12.6. The van der Waals surface area contributed by atoms with Gasteiger partial charge in [0, 0.05) is 50.7 Å². The smallest absolute Gasteiger partial charge is 0.190 e. The maximum Gasteiger partial charge on any atom is 0.190 e. The molecule has 1 aliphatic rings.